The zero-order valence-electron chi connectivity index (χ0n) is 11.8. The molecule has 1 aromatic carbocycles. The van der Waals surface area contributed by atoms with Gasteiger partial charge in [0.1, 0.15) is 10.6 Å². The molecule has 1 fully saturated rings. The number of non-ortho nitro benzene ring substituents is 1. The van der Waals surface area contributed by atoms with Crippen molar-refractivity contribution in [2.24, 2.45) is 0 Å². The lowest BCUT2D eigenvalue weighted by molar-refractivity contribution is -0.385. The highest BCUT2D eigenvalue weighted by atomic mass is 32.2. The van der Waals surface area contributed by atoms with Crippen LogP contribution in [0, 0.1) is 10.1 Å². The van der Waals surface area contributed by atoms with Crippen LogP contribution in [-0.2, 0) is 10.0 Å². The van der Waals surface area contributed by atoms with Gasteiger partial charge in [-0.1, -0.05) is 0 Å². The average Bonchev–Trinajstić information content (AvgIpc) is 2.46. The molecule has 0 bridgehead atoms. The van der Waals surface area contributed by atoms with Gasteiger partial charge in [-0.2, -0.15) is 4.31 Å². The van der Waals surface area contributed by atoms with Gasteiger partial charge in [0.05, 0.1) is 12.0 Å². The van der Waals surface area contributed by atoms with E-state index < -0.39 is 14.9 Å². The molecule has 0 aliphatic carbocycles. The molecule has 1 aliphatic rings. The molecule has 2 rings (SSSR count). The number of nitro groups is 1. The summed E-state index contributed by atoms with van der Waals surface area (Å²) in [5, 5.41) is 14.0. The molecule has 8 nitrogen and oxygen atoms in total. The number of sulfonamides is 1. The molecule has 1 heterocycles. The van der Waals surface area contributed by atoms with Crippen LogP contribution in [0.25, 0.3) is 0 Å². The molecule has 1 saturated heterocycles. The molecule has 0 amide bonds. The quantitative estimate of drug-likeness (QED) is 0.644. The molecule has 0 spiro atoms. The van der Waals surface area contributed by atoms with Crippen molar-refractivity contribution in [2.45, 2.75) is 17.9 Å². The summed E-state index contributed by atoms with van der Waals surface area (Å²) in [4.78, 5) is 10.1. The van der Waals surface area contributed by atoms with Crippen molar-refractivity contribution in [1.29, 1.82) is 0 Å². The second-order valence-corrected chi connectivity index (χ2v) is 6.72. The third-order valence-corrected chi connectivity index (χ3v) is 5.19. The van der Waals surface area contributed by atoms with Crippen molar-refractivity contribution in [3.63, 3.8) is 0 Å². The number of nitrogens with one attached hydrogen (secondary N) is 1. The summed E-state index contributed by atoms with van der Waals surface area (Å²) in [7, 11) is -2.50. The summed E-state index contributed by atoms with van der Waals surface area (Å²) >= 11 is 0. The van der Waals surface area contributed by atoms with E-state index in [1.54, 1.807) is 0 Å². The van der Waals surface area contributed by atoms with Crippen LogP contribution < -0.4 is 10.1 Å². The van der Waals surface area contributed by atoms with Crippen LogP contribution in [0.4, 0.5) is 5.69 Å². The maximum absolute atomic E-state index is 12.7. The van der Waals surface area contributed by atoms with Crippen LogP contribution in [0.3, 0.4) is 0 Å². The Labute approximate surface area is 122 Å². The van der Waals surface area contributed by atoms with Crippen molar-refractivity contribution in [1.82, 2.24) is 9.62 Å². The van der Waals surface area contributed by atoms with E-state index in [0.717, 1.165) is 6.07 Å². The van der Waals surface area contributed by atoms with E-state index in [2.05, 4.69) is 5.32 Å². The van der Waals surface area contributed by atoms with E-state index in [-0.39, 0.29) is 22.4 Å². The standard InChI is InChI=1S/C12H17N3O5S/c1-9-8-14(6-5-13-9)21(18,19)12-7-10(15(16)17)3-4-11(12)20-2/h3-4,7,9,13H,5-6,8H2,1-2H3/t9-/m1/s1. The topological polar surface area (TPSA) is 102 Å². The molecule has 1 aromatic rings. The van der Waals surface area contributed by atoms with E-state index in [1.807, 2.05) is 6.92 Å². The Morgan fingerprint density at radius 3 is 2.76 bits per heavy atom. The normalized spacial score (nSPS) is 20.2. The summed E-state index contributed by atoms with van der Waals surface area (Å²) in [6, 6.07) is 3.59. The Bertz CT molecular complexity index is 646. The zero-order chi connectivity index (χ0) is 15.6. The van der Waals surface area contributed by atoms with E-state index in [0.29, 0.717) is 19.6 Å². The van der Waals surface area contributed by atoms with Gasteiger partial charge in [0.25, 0.3) is 5.69 Å². The minimum Gasteiger partial charge on any atom is -0.495 e. The Hall–Kier alpha value is -1.71. The average molecular weight is 315 g/mol. The summed E-state index contributed by atoms with van der Waals surface area (Å²) in [5.74, 6) is 0.104. The Balaban J connectivity index is 2.47. The van der Waals surface area contributed by atoms with Gasteiger partial charge in [-0.25, -0.2) is 8.42 Å². The molecule has 1 atom stereocenters. The first-order valence-electron chi connectivity index (χ1n) is 6.42. The van der Waals surface area contributed by atoms with Crippen LogP contribution in [-0.4, -0.2) is 50.4 Å². The van der Waals surface area contributed by atoms with Gasteiger partial charge >= 0.3 is 0 Å². The van der Waals surface area contributed by atoms with Crippen LogP contribution >= 0.6 is 0 Å². The number of benzene rings is 1. The molecule has 0 saturated carbocycles. The van der Waals surface area contributed by atoms with E-state index >= 15 is 0 Å². The summed E-state index contributed by atoms with van der Waals surface area (Å²) < 4.78 is 31.7. The highest BCUT2D eigenvalue weighted by Crippen LogP contribution is 2.30. The maximum Gasteiger partial charge on any atom is 0.271 e. The largest absolute Gasteiger partial charge is 0.495 e. The number of piperazine rings is 1. The number of rotatable bonds is 4. The molecule has 9 heteroatoms. The van der Waals surface area contributed by atoms with Gasteiger partial charge in [0.2, 0.25) is 10.0 Å². The molecule has 0 radical (unpaired) electrons. The van der Waals surface area contributed by atoms with Gasteiger partial charge in [-0.15, -0.1) is 0 Å². The molecule has 0 aromatic heterocycles. The first-order chi connectivity index (χ1) is 9.86. The highest BCUT2D eigenvalue weighted by Gasteiger charge is 2.32. The Kier molecular flexibility index (Phi) is 4.45. The second kappa shape index (κ2) is 5.96. The highest BCUT2D eigenvalue weighted by molar-refractivity contribution is 7.89. The van der Waals surface area contributed by atoms with Gasteiger partial charge < -0.3 is 10.1 Å². The predicted molar refractivity (Wildman–Crippen MR) is 75.9 cm³/mol. The molecule has 116 valence electrons. The fourth-order valence-corrected chi connectivity index (χ4v) is 3.94. The molecule has 1 aliphatic heterocycles. The molecular formula is C12H17N3O5S. The maximum atomic E-state index is 12.7. The van der Waals surface area contributed by atoms with Crippen molar-refractivity contribution in [3.05, 3.63) is 28.3 Å². The van der Waals surface area contributed by atoms with Crippen LogP contribution in [0.15, 0.2) is 23.1 Å². The lowest BCUT2D eigenvalue weighted by Crippen LogP contribution is -2.51. The molecule has 21 heavy (non-hydrogen) atoms. The summed E-state index contributed by atoms with van der Waals surface area (Å²) in [6.45, 7) is 3.05. The smallest absolute Gasteiger partial charge is 0.271 e. The third kappa shape index (κ3) is 3.14. The van der Waals surface area contributed by atoms with Crippen LogP contribution in [0.2, 0.25) is 0 Å². The van der Waals surface area contributed by atoms with Gasteiger partial charge in [0, 0.05) is 37.8 Å². The lowest BCUT2D eigenvalue weighted by atomic mass is 10.3. The van der Waals surface area contributed by atoms with Crippen molar-refractivity contribution in [2.75, 3.05) is 26.7 Å². The van der Waals surface area contributed by atoms with Crippen LogP contribution in [0.1, 0.15) is 6.92 Å². The zero-order valence-corrected chi connectivity index (χ0v) is 12.6. The number of hydrogen-bond donors (Lipinski definition) is 1. The number of nitro benzene ring substituents is 1. The van der Waals surface area contributed by atoms with E-state index in [9.17, 15) is 18.5 Å². The SMILES string of the molecule is COc1ccc([N+](=O)[O-])cc1S(=O)(=O)N1CCN[C@H](C)C1. The van der Waals surface area contributed by atoms with Crippen molar-refractivity contribution in [3.8, 4) is 5.75 Å². The molecular weight excluding hydrogens is 298 g/mol. The Morgan fingerprint density at radius 1 is 1.48 bits per heavy atom. The fraction of sp³-hybridized carbons (Fsp3) is 0.500. The minimum absolute atomic E-state index is 0.0261. The fourth-order valence-electron chi connectivity index (χ4n) is 2.23. The van der Waals surface area contributed by atoms with Crippen molar-refractivity contribution >= 4 is 15.7 Å². The summed E-state index contributed by atoms with van der Waals surface area (Å²) in [6.07, 6.45) is 0. The number of methoxy groups -OCH3 is 1. The van der Waals surface area contributed by atoms with Gasteiger partial charge in [0.15, 0.2) is 0 Å². The molecule has 0 unspecified atom stereocenters. The number of nitrogens with zero attached hydrogens (tertiary/aromatic N) is 2. The first kappa shape index (κ1) is 15.7. The number of hydrogen-bond acceptors (Lipinski definition) is 6. The second-order valence-electron chi connectivity index (χ2n) is 4.81. The number of ether oxygens (including phenoxy) is 1. The molecule has 1 N–H and O–H groups in total. The Morgan fingerprint density at radius 2 is 2.19 bits per heavy atom. The predicted octanol–water partition coefficient (Wildman–Crippen LogP) is 0.586. The lowest BCUT2D eigenvalue weighted by Gasteiger charge is -2.31. The van der Waals surface area contributed by atoms with Gasteiger partial charge in [-0.3, -0.25) is 10.1 Å². The minimum atomic E-state index is -3.83. The van der Waals surface area contributed by atoms with E-state index in [4.69, 9.17) is 4.74 Å². The third-order valence-electron chi connectivity index (χ3n) is 3.31. The van der Waals surface area contributed by atoms with Crippen LogP contribution in [0.5, 0.6) is 5.75 Å². The first-order valence-corrected chi connectivity index (χ1v) is 7.86. The van der Waals surface area contributed by atoms with Gasteiger partial charge in [-0.05, 0) is 13.0 Å². The monoisotopic (exact) mass is 315 g/mol. The summed E-state index contributed by atoms with van der Waals surface area (Å²) in [5.41, 5.74) is -0.280. The van der Waals surface area contributed by atoms with Crippen molar-refractivity contribution < 1.29 is 18.1 Å². The van der Waals surface area contributed by atoms with E-state index in [1.165, 1.54) is 23.5 Å².